The fourth-order valence-electron chi connectivity index (χ4n) is 3.49. The number of ether oxygens (including phenoxy) is 2. The molecule has 0 N–H and O–H groups in total. The minimum atomic E-state index is -1.01. The molecule has 0 fully saturated rings. The van der Waals surface area contributed by atoms with E-state index in [1.807, 2.05) is 36.6 Å². The molecule has 1 rings (SSSR count). The number of thioether (sulfide) groups is 1. The third-order valence-electron chi connectivity index (χ3n) is 5.84. The van der Waals surface area contributed by atoms with Gasteiger partial charge in [-0.3, -0.25) is 14.4 Å². The van der Waals surface area contributed by atoms with Gasteiger partial charge in [-0.25, -0.2) is 4.79 Å². The van der Waals surface area contributed by atoms with E-state index in [1.54, 1.807) is 53.7 Å². The Kier molecular flexibility index (Phi) is 14.9. The number of benzene rings is 1. The van der Waals surface area contributed by atoms with Gasteiger partial charge in [0.05, 0.1) is 6.42 Å². The van der Waals surface area contributed by atoms with Crippen LogP contribution in [0.2, 0.25) is 0 Å². The van der Waals surface area contributed by atoms with Gasteiger partial charge in [0, 0.05) is 40.7 Å². The van der Waals surface area contributed by atoms with Crippen molar-refractivity contribution in [2.75, 3.05) is 46.2 Å². The Morgan fingerprint density at radius 2 is 1.55 bits per heavy atom. The van der Waals surface area contributed by atoms with Crippen LogP contribution in [-0.2, 0) is 30.5 Å². The summed E-state index contributed by atoms with van der Waals surface area (Å²) in [6, 6.07) is 8.26. The molecular weight excluding hydrogens is 506 g/mol. The summed E-state index contributed by atoms with van der Waals surface area (Å²) in [5.74, 6) is -0.104. The van der Waals surface area contributed by atoms with E-state index >= 15 is 0 Å². The number of amides is 3. The molecule has 0 aliphatic rings. The monoisotopic (exact) mass is 551 g/mol. The Balaban J connectivity index is 2.83. The zero-order chi connectivity index (χ0) is 28.7. The summed E-state index contributed by atoms with van der Waals surface area (Å²) < 4.78 is 10.8. The van der Waals surface area contributed by atoms with Crippen LogP contribution in [0.4, 0.5) is 4.79 Å². The molecule has 9 nitrogen and oxygen atoms in total. The molecule has 10 heteroatoms. The Morgan fingerprint density at radius 1 is 0.921 bits per heavy atom. The lowest BCUT2D eigenvalue weighted by atomic mass is 10.1. The van der Waals surface area contributed by atoms with Crippen LogP contribution in [0.25, 0.3) is 0 Å². The zero-order valence-electron chi connectivity index (χ0n) is 24.0. The van der Waals surface area contributed by atoms with Crippen LogP contribution >= 0.6 is 11.8 Å². The number of likely N-dealkylation sites (N-methyl/N-ethyl adjacent to an activating group) is 3. The van der Waals surface area contributed by atoms with Gasteiger partial charge in [0.15, 0.2) is 0 Å². The topological polar surface area (TPSA) is 96.5 Å². The van der Waals surface area contributed by atoms with E-state index in [1.165, 1.54) is 14.7 Å². The Bertz CT molecular complexity index is 890. The number of hydrogen-bond donors (Lipinski definition) is 0. The fraction of sp³-hybridized carbons (Fsp3) is 0.643. The highest BCUT2D eigenvalue weighted by Crippen LogP contribution is 2.14. The van der Waals surface area contributed by atoms with Gasteiger partial charge in [-0.15, -0.1) is 0 Å². The molecule has 0 saturated carbocycles. The van der Waals surface area contributed by atoms with Gasteiger partial charge >= 0.3 is 12.1 Å². The summed E-state index contributed by atoms with van der Waals surface area (Å²) in [5.41, 5.74) is 0.206. The summed E-state index contributed by atoms with van der Waals surface area (Å²) in [6.07, 6.45) is 4.28. The second-order valence-corrected chi connectivity index (χ2v) is 11.3. The van der Waals surface area contributed by atoms with E-state index in [4.69, 9.17) is 9.47 Å². The smallest absolute Gasteiger partial charge is 0.410 e. The van der Waals surface area contributed by atoms with E-state index < -0.39 is 29.6 Å². The summed E-state index contributed by atoms with van der Waals surface area (Å²) in [5, 5.41) is 0. The summed E-state index contributed by atoms with van der Waals surface area (Å²) in [6.45, 7) is 5.88. The summed E-state index contributed by atoms with van der Waals surface area (Å²) >= 11 is 1.77. The van der Waals surface area contributed by atoms with Crippen molar-refractivity contribution in [1.82, 2.24) is 14.7 Å². The summed E-state index contributed by atoms with van der Waals surface area (Å²) in [7, 11) is 4.74. The van der Waals surface area contributed by atoms with Crippen LogP contribution in [0.3, 0.4) is 0 Å². The van der Waals surface area contributed by atoms with Crippen LogP contribution in [0.1, 0.15) is 58.4 Å². The standard InChI is InChI=1S/C28H45N3O6S/c1-28(2,3)37-27(35)30(5)18-17-29(4)26(34)23(31(6)24(32)16-12-9-13-19-38-7)20-25(33)36-21-22-14-10-8-11-15-22/h8,10-11,14-15,23H,9,12-13,16-21H2,1-7H3/t23-/m0/s1. The highest BCUT2D eigenvalue weighted by Gasteiger charge is 2.32. The Hall–Kier alpha value is -2.75. The van der Waals surface area contributed by atoms with E-state index in [0.717, 1.165) is 30.6 Å². The van der Waals surface area contributed by atoms with Gasteiger partial charge in [-0.1, -0.05) is 36.8 Å². The second-order valence-electron chi connectivity index (χ2n) is 10.3. The molecule has 3 amide bonds. The normalized spacial score (nSPS) is 11.9. The largest absolute Gasteiger partial charge is 0.461 e. The average Bonchev–Trinajstić information content (AvgIpc) is 2.87. The molecule has 38 heavy (non-hydrogen) atoms. The van der Waals surface area contributed by atoms with Crippen molar-refractivity contribution < 1.29 is 28.7 Å². The van der Waals surface area contributed by atoms with Crippen molar-refractivity contribution in [2.45, 2.75) is 71.1 Å². The molecule has 1 aromatic carbocycles. The van der Waals surface area contributed by atoms with Crippen LogP contribution in [-0.4, -0.2) is 96.5 Å². The molecule has 0 spiro atoms. The predicted molar refractivity (Wildman–Crippen MR) is 151 cm³/mol. The van der Waals surface area contributed by atoms with Crippen molar-refractivity contribution in [2.24, 2.45) is 0 Å². The minimum absolute atomic E-state index is 0.0875. The number of nitrogens with zero attached hydrogens (tertiary/aromatic N) is 3. The number of hydrogen-bond acceptors (Lipinski definition) is 7. The molecule has 1 atom stereocenters. The number of esters is 1. The van der Waals surface area contributed by atoms with Crippen LogP contribution < -0.4 is 0 Å². The first-order chi connectivity index (χ1) is 17.9. The predicted octanol–water partition coefficient (Wildman–Crippen LogP) is 4.20. The van der Waals surface area contributed by atoms with Crippen LogP contribution in [0.15, 0.2) is 30.3 Å². The molecule has 0 radical (unpaired) electrons. The maximum Gasteiger partial charge on any atom is 0.410 e. The van der Waals surface area contributed by atoms with E-state index in [9.17, 15) is 19.2 Å². The number of rotatable bonds is 15. The second kappa shape index (κ2) is 17.0. The third kappa shape index (κ3) is 13.2. The lowest BCUT2D eigenvalue weighted by molar-refractivity contribution is -0.153. The Labute approximate surface area is 232 Å². The van der Waals surface area contributed by atoms with Crippen molar-refractivity contribution in [1.29, 1.82) is 0 Å². The lowest BCUT2D eigenvalue weighted by Crippen LogP contribution is -2.50. The molecule has 0 saturated heterocycles. The SMILES string of the molecule is CSCCCCCC(=O)N(C)[C@@H](CC(=O)OCc1ccccc1)C(=O)N(C)CCN(C)C(=O)OC(C)(C)C. The van der Waals surface area contributed by atoms with Gasteiger partial charge in [-0.2, -0.15) is 11.8 Å². The van der Waals surface area contributed by atoms with E-state index in [0.29, 0.717) is 6.42 Å². The molecule has 214 valence electrons. The quantitative estimate of drug-likeness (QED) is 0.238. The van der Waals surface area contributed by atoms with Gasteiger partial charge in [-0.05, 0) is 51.2 Å². The number of unbranched alkanes of at least 4 members (excludes halogenated alkanes) is 2. The Morgan fingerprint density at radius 3 is 2.16 bits per heavy atom. The van der Waals surface area contributed by atoms with E-state index in [-0.39, 0.29) is 32.0 Å². The number of carbonyl (C=O) groups excluding carboxylic acids is 4. The summed E-state index contributed by atoms with van der Waals surface area (Å²) in [4.78, 5) is 55.5. The van der Waals surface area contributed by atoms with Crippen molar-refractivity contribution in [3.05, 3.63) is 35.9 Å². The van der Waals surface area contributed by atoms with Crippen molar-refractivity contribution in [3.63, 3.8) is 0 Å². The molecule has 0 heterocycles. The van der Waals surface area contributed by atoms with E-state index in [2.05, 4.69) is 0 Å². The average molecular weight is 552 g/mol. The van der Waals surface area contributed by atoms with Crippen LogP contribution in [0.5, 0.6) is 0 Å². The highest BCUT2D eigenvalue weighted by molar-refractivity contribution is 7.98. The van der Waals surface area contributed by atoms with Gasteiger partial charge in [0.25, 0.3) is 0 Å². The number of carbonyl (C=O) groups is 4. The molecule has 0 bridgehead atoms. The minimum Gasteiger partial charge on any atom is -0.461 e. The van der Waals surface area contributed by atoms with Crippen molar-refractivity contribution in [3.8, 4) is 0 Å². The van der Waals surface area contributed by atoms with Gasteiger partial charge in [0.2, 0.25) is 11.8 Å². The molecule has 0 aliphatic heterocycles. The molecule has 0 aromatic heterocycles. The highest BCUT2D eigenvalue weighted by atomic mass is 32.2. The first-order valence-corrected chi connectivity index (χ1v) is 14.4. The van der Waals surface area contributed by atoms with Crippen LogP contribution in [0, 0.1) is 0 Å². The van der Waals surface area contributed by atoms with Gasteiger partial charge in [0.1, 0.15) is 18.2 Å². The zero-order valence-corrected chi connectivity index (χ0v) is 24.8. The fourth-order valence-corrected chi connectivity index (χ4v) is 3.98. The lowest BCUT2D eigenvalue weighted by Gasteiger charge is -2.31. The third-order valence-corrected chi connectivity index (χ3v) is 6.54. The van der Waals surface area contributed by atoms with Crippen molar-refractivity contribution >= 4 is 35.6 Å². The van der Waals surface area contributed by atoms with Gasteiger partial charge < -0.3 is 24.2 Å². The maximum atomic E-state index is 13.4. The molecule has 1 aromatic rings. The first-order valence-electron chi connectivity index (χ1n) is 13.0. The maximum absolute atomic E-state index is 13.4. The molecule has 0 unspecified atom stereocenters. The molecular formula is C28H45N3O6S. The molecule has 0 aliphatic carbocycles. The first kappa shape index (κ1) is 33.3.